The van der Waals surface area contributed by atoms with Gasteiger partial charge in [0.05, 0.1) is 12.3 Å². The van der Waals surface area contributed by atoms with Gasteiger partial charge in [-0.05, 0) is 18.6 Å². The SMILES string of the molecule is C[C@]1(CNC(=O)[C@@H]2CC(C(=O)O)=NN2c2ccccc2)CCOC1. The van der Waals surface area contributed by atoms with E-state index in [9.17, 15) is 14.7 Å². The molecule has 2 aliphatic rings. The molecule has 0 spiro atoms. The van der Waals surface area contributed by atoms with E-state index in [4.69, 9.17) is 4.74 Å². The maximum Gasteiger partial charge on any atom is 0.352 e. The summed E-state index contributed by atoms with van der Waals surface area (Å²) in [5, 5.41) is 17.8. The third-order valence-electron chi connectivity index (χ3n) is 4.47. The lowest BCUT2D eigenvalue weighted by Gasteiger charge is -2.26. The number of nitrogens with zero attached hydrogens (tertiary/aromatic N) is 2. The maximum atomic E-state index is 12.6. The van der Waals surface area contributed by atoms with Crippen LogP contribution in [-0.4, -0.2) is 48.5 Å². The molecule has 7 heteroatoms. The van der Waals surface area contributed by atoms with Crippen LogP contribution in [0.3, 0.4) is 0 Å². The van der Waals surface area contributed by atoms with Crippen LogP contribution < -0.4 is 10.3 Å². The van der Waals surface area contributed by atoms with Gasteiger partial charge in [0.25, 0.3) is 0 Å². The van der Waals surface area contributed by atoms with Gasteiger partial charge in [-0.15, -0.1) is 0 Å². The molecule has 1 aromatic rings. The van der Waals surface area contributed by atoms with E-state index in [1.165, 1.54) is 5.01 Å². The molecule has 0 aromatic heterocycles. The number of nitrogens with one attached hydrogen (secondary N) is 1. The van der Waals surface area contributed by atoms with Crippen LogP contribution in [0.4, 0.5) is 5.69 Å². The van der Waals surface area contributed by atoms with Gasteiger partial charge in [-0.25, -0.2) is 4.79 Å². The molecule has 2 N–H and O–H groups in total. The predicted octanol–water partition coefficient (Wildman–Crippen LogP) is 1.25. The van der Waals surface area contributed by atoms with Gasteiger partial charge in [0, 0.05) is 25.0 Å². The Kier molecular flexibility index (Phi) is 4.53. The van der Waals surface area contributed by atoms with E-state index in [2.05, 4.69) is 17.3 Å². The van der Waals surface area contributed by atoms with Crippen molar-refractivity contribution in [1.82, 2.24) is 5.32 Å². The van der Waals surface area contributed by atoms with Crippen LogP contribution in [0.15, 0.2) is 35.4 Å². The topological polar surface area (TPSA) is 91.2 Å². The van der Waals surface area contributed by atoms with Crippen LogP contribution in [0.5, 0.6) is 0 Å². The van der Waals surface area contributed by atoms with Gasteiger partial charge in [0.1, 0.15) is 11.8 Å². The fraction of sp³-hybridized carbons (Fsp3) is 0.471. The van der Waals surface area contributed by atoms with E-state index in [-0.39, 0.29) is 23.5 Å². The number of aliphatic carboxylic acids is 1. The maximum absolute atomic E-state index is 12.6. The number of anilines is 1. The Hall–Kier alpha value is -2.41. The summed E-state index contributed by atoms with van der Waals surface area (Å²) >= 11 is 0. The number of carbonyl (C=O) groups is 2. The van der Waals surface area contributed by atoms with Crippen molar-refractivity contribution in [2.24, 2.45) is 10.5 Å². The van der Waals surface area contributed by atoms with Gasteiger partial charge >= 0.3 is 5.97 Å². The minimum absolute atomic E-state index is 0.00517. The first-order valence-electron chi connectivity index (χ1n) is 7.99. The Morgan fingerprint density at radius 2 is 2.17 bits per heavy atom. The van der Waals surface area contributed by atoms with Crippen LogP contribution in [0, 0.1) is 5.41 Å². The molecule has 0 saturated carbocycles. The molecule has 1 fully saturated rings. The van der Waals surface area contributed by atoms with E-state index in [1.54, 1.807) is 12.1 Å². The monoisotopic (exact) mass is 331 g/mol. The van der Waals surface area contributed by atoms with Gasteiger partial charge in [0.15, 0.2) is 0 Å². The molecule has 0 aliphatic carbocycles. The second kappa shape index (κ2) is 6.60. The number of ether oxygens (including phenoxy) is 1. The molecular formula is C17H21N3O4. The Morgan fingerprint density at radius 3 is 2.79 bits per heavy atom. The summed E-state index contributed by atoms with van der Waals surface area (Å²) in [5.74, 6) is -1.31. The molecule has 0 radical (unpaired) electrons. The van der Waals surface area contributed by atoms with Crippen LogP contribution in [0.2, 0.25) is 0 Å². The first kappa shape index (κ1) is 16.4. The number of benzene rings is 1. The van der Waals surface area contributed by atoms with Crippen molar-refractivity contribution in [2.45, 2.75) is 25.8 Å². The highest BCUT2D eigenvalue weighted by Crippen LogP contribution is 2.28. The lowest BCUT2D eigenvalue weighted by atomic mass is 9.90. The van der Waals surface area contributed by atoms with Crippen LogP contribution >= 0.6 is 0 Å². The van der Waals surface area contributed by atoms with Gasteiger partial charge in [-0.3, -0.25) is 9.80 Å². The zero-order chi connectivity index (χ0) is 17.2. The van der Waals surface area contributed by atoms with E-state index < -0.39 is 12.0 Å². The molecule has 1 amide bonds. The summed E-state index contributed by atoms with van der Waals surface area (Å²) < 4.78 is 5.39. The zero-order valence-electron chi connectivity index (χ0n) is 13.6. The van der Waals surface area contributed by atoms with Crippen molar-refractivity contribution in [1.29, 1.82) is 0 Å². The summed E-state index contributed by atoms with van der Waals surface area (Å²) in [6.07, 6.45) is 0.987. The molecular weight excluding hydrogens is 310 g/mol. The molecule has 0 unspecified atom stereocenters. The zero-order valence-corrected chi connectivity index (χ0v) is 13.6. The fourth-order valence-corrected chi connectivity index (χ4v) is 2.93. The van der Waals surface area contributed by atoms with E-state index >= 15 is 0 Å². The summed E-state index contributed by atoms with van der Waals surface area (Å²) in [6, 6.07) is 8.48. The highest BCUT2D eigenvalue weighted by molar-refractivity contribution is 6.37. The normalized spacial score (nSPS) is 26.3. The molecule has 1 saturated heterocycles. The summed E-state index contributed by atoms with van der Waals surface area (Å²) in [4.78, 5) is 23.9. The standard InChI is InChI=1S/C17H21N3O4/c1-17(7-8-24-11-17)10-18-15(21)14-9-13(16(22)23)19-20(14)12-5-3-2-4-6-12/h2-6,14H,7-11H2,1H3,(H,18,21)(H,22,23)/t14-,17+/m0/s1. The minimum Gasteiger partial charge on any atom is -0.477 e. The van der Waals surface area contributed by atoms with Gasteiger partial charge < -0.3 is 15.2 Å². The molecule has 0 bridgehead atoms. The third kappa shape index (κ3) is 3.41. The lowest BCUT2D eigenvalue weighted by Crippen LogP contribution is -2.46. The Morgan fingerprint density at radius 1 is 1.42 bits per heavy atom. The molecule has 7 nitrogen and oxygen atoms in total. The summed E-state index contributed by atoms with van der Waals surface area (Å²) in [7, 11) is 0. The molecule has 3 rings (SSSR count). The van der Waals surface area contributed by atoms with E-state index in [0.29, 0.717) is 25.4 Å². The van der Waals surface area contributed by atoms with Crippen molar-refractivity contribution in [3.63, 3.8) is 0 Å². The van der Waals surface area contributed by atoms with Crippen LogP contribution in [0.25, 0.3) is 0 Å². The number of para-hydroxylation sites is 1. The fourth-order valence-electron chi connectivity index (χ4n) is 2.93. The van der Waals surface area contributed by atoms with Crippen LogP contribution in [0.1, 0.15) is 19.8 Å². The smallest absolute Gasteiger partial charge is 0.352 e. The molecule has 2 aliphatic heterocycles. The second-order valence-electron chi connectivity index (χ2n) is 6.58. The average molecular weight is 331 g/mol. The summed E-state index contributed by atoms with van der Waals surface area (Å²) in [5.41, 5.74) is 0.626. The van der Waals surface area contributed by atoms with Gasteiger partial charge in [-0.2, -0.15) is 5.10 Å². The Balaban J connectivity index is 1.73. The molecule has 1 aromatic carbocycles. The number of rotatable bonds is 5. The Labute approximate surface area is 140 Å². The number of carbonyl (C=O) groups excluding carboxylic acids is 1. The molecule has 128 valence electrons. The van der Waals surface area contributed by atoms with Crippen molar-refractivity contribution in [3.8, 4) is 0 Å². The van der Waals surface area contributed by atoms with Gasteiger partial charge in [0.2, 0.25) is 5.91 Å². The highest BCUT2D eigenvalue weighted by atomic mass is 16.5. The first-order valence-corrected chi connectivity index (χ1v) is 7.99. The summed E-state index contributed by atoms with van der Waals surface area (Å²) in [6.45, 7) is 3.91. The Bertz CT molecular complexity index is 653. The van der Waals surface area contributed by atoms with E-state index in [0.717, 1.165) is 6.42 Å². The largest absolute Gasteiger partial charge is 0.477 e. The first-order chi connectivity index (χ1) is 11.5. The minimum atomic E-state index is -1.10. The number of amides is 1. The molecule has 24 heavy (non-hydrogen) atoms. The van der Waals surface area contributed by atoms with Crippen molar-refractivity contribution < 1.29 is 19.4 Å². The van der Waals surface area contributed by atoms with E-state index in [1.807, 2.05) is 18.2 Å². The number of carboxylic acids is 1. The van der Waals surface area contributed by atoms with Crippen molar-refractivity contribution in [3.05, 3.63) is 30.3 Å². The molecule has 2 atom stereocenters. The number of hydrazone groups is 1. The van der Waals surface area contributed by atoms with Crippen molar-refractivity contribution in [2.75, 3.05) is 24.8 Å². The number of hydrogen-bond acceptors (Lipinski definition) is 5. The third-order valence-corrected chi connectivity index (χ3v) is 4.47. The highest BCUT2D eigenvalue weighted by Gasteiger charge is 2.37. The van der Waals surface area contributed by atoms with Crippen LogP contribution in [-0.2, 0) is 14.3 Å². The number of hydrogen-bond donors (Lipinski definition) is 2. The van der Waals surface area contributed by atoms with Gasteiger partial charge in [-0.1, -0.05) is 25.1 Å². The number of carboxylic acid groups (broad SMARTS) is 1. The lowest BCUT2D eigenvalue weighted by molar-refractivity contribution is -0.129. The second-order valence-corrected chi connectivity index (χ2v) is 6.58. The van der Waals surface area contributed by atoms with Crippen molar-refractivity contribution >= 4 is 23.3 Å². The predicted molar refractivity (Wildman–Crippen MR) is 88.9 cm³/mol. The molecule has 2 heterocycles. The quantitative estimate of drug-likeness (QED) is 0.847. The average Bonchev–Trinajstić information content (AvgIpc) is 3.21.